The van der Waals surface area contributed by atoms with Crippen LogP contribution in [-0.2, 0) is 18.0 Å². The predicted octanol–water partition coefficient (Wildman–Crippen LogP) is 3.81. The number of hydrogen-bond acceptors (Lipinski definition) is 6. The summed E-state index contributed by atoms with van der Waals surface area (Å²) in [5.74, 6) is 1.81. The van der Waals surface area contributed by atoms with Crippen molar-refractivity contribution in [2.45, 2.75) is 32.0 Å². The van der Waals surface area contributed by atoms with Gasteiger partial charge in [0, 0.05) is 24.6 Å². The molecule has 0 aliphatic carbocycles. The molecule has 1 amide bonds. The third kappa shape index (κ3) is 4.86. The first-order valence-corrected chi connectivity index (χ1v) is 10.1. The summed E-state index contributed by atoms with van der Waals surface area (Å²) in [5.41, 5.74) is 1.72. The quantitative estimate of drug-likeness (QED) is 0.593. The van der Waals surface area contributed by atoms with Gasteiger partial charge in [-0.2, -0.15) is 4.98 Å². The maximum atomic E-state index is 12.9. The highest BCUT2D eigenvalue weighted by Crippen LogP contribution is 2.26. The van der Waals surface area contributed by atoms with Crippen LogP contribution in [0.1, 0.15) is 46.4 Å². The minimum absolute atomic E-state index is 0.00601. The fourth-order valence-corrected chi connectivity index (χ4v) is 3.63. The number of nitrogens with zero attached hydrogens (tertiary/aromatic N) is 3. The first-order valence-electron chi connectivity index (χ1n) is 10.1. The van der Waals surface area contributed by atoms with Gasteiger partial charge >= 0.3 is 0 Å². The van der Waals surface area contributed by atoms with Gasteiger partial charge in [-0.05, 0) is 36.6 Å². The average Bonchev–Trinajstić information content (AvgIpc) is 3.28. The summed E-state index contributed by atoms with van der Waals surface area (Å²) in [6.45, 7) is 2.04. The van der Waals surface area contributed by atoms with E-state index in [2.05, 4.69) is 10.1 Å². The summed E-state index contributed by atoms with van der Waals surface area (Å²) >= 11 is 0. The molecule has 7 nitrogen and oxygen atoms in total. The van der Waals surface area contributed by atoms with Crippen LogP contribution in [0.4, 0.5) is 0 Å². The highest BCUT2D eigenvalue weighted by atomic mass is 16.5. The van der Waals surface area contributed by atoms with E-state index in [-0.39, 0.29) is 18.4 Å². The highest BCUT2D eigenvalue weighted by molar-refractivity contribution is 5.94. The fourth-order valence-electron chi connectivity index (χ4n) is 3.63. The zero-order valence-corrected chi connectivity index (χ0v) is 17.0. The first kappa shape index (κ1) is 20.1. The second-order valence-corrected chi connectivity index (χ2v) is 7.35. The van der Waals surface area contributed by atoms with Crippen molar-refractivity contribution in [1.29, 1.82) is 0 Å². The molecule has 0 radical (unpaired) electrons. The molecule has 4 rings (SSSR count). The van der Waals surface area contributed by atoms with Gasteiger partial charge in [0.1, 0.15) is 12.4 Å². The summed E-state index contributed by atoms with van der Waals surface area (Å²) in [6, 6.07) is 17.2. The van der Waals surface area contributed by atoms with Crippen LogP contribution in [0.2, 0.25) is 0 Å². The molecular formula is C23H25N3O4. The van der Waals surface area contributed by atoms with Crippen LogP contribution >= 0.6 is 0 Å². The maximum absolute atomic E-state index is 12.9. The molecule has 1 aromatic heterocycles. The second-order valence-electron chi connectivity index (χ2n) is 7.35. The Hall–Kier alpha value is -3.19. The summed E-state index contributed by atoms with van der Waals surface area (Å²) in [7, 11) is 1.60. The van der Waals surface area contributed by atoms with Crippen LogP contribution in [0, 0.1) is 0 Å². The predicted molar refractivity (Wildman–Crippen MR) is 110 cm³/mol. The van der Waals surface area contributed by atoms with Crippen LogP contribution in [0.5, 0.6) is 5.75 Å². The largest absolute Gasteiger partial charge is 0.497 e. The molecule has 3 aromatic rings. The van der Waals surface area contributed by atoms with E-state index in [0.29, 0.717) is 36.2 Å². The Morgan fingerprint density at radius 2 is 2.03 bits per heavy atom. The van der Waals surface area contributed by atoms with Gasteiger partial charge in [0.15, 0.2) is 5.82 Å². The van der Waals surface area contributed by atoms with Crippen molar-refractivity contribution in [3.8, 4) is 5.75 Å². The highest BCUT2D eigenvalue weighted by Gasteiger charge is 2.28. The SMILES string of the molecule is COc1cccc(C(=O)N2CCCC(c3noc(COCc4ccccc4)n3)C2)c1. The molecule has 1 aliphatic rings. The average molecular weight is 407 g/mol. The van der Waals surface area contributed by atoms with Crippen molar-refractivity contribution >= 4 is 5.91 Å². The Morgan fingerprint density at radius 1 is 1.17 bits per heavy atom. The summed E-state index contributed by atoms with van der Waals surface area (Å²) in [5, 5.41) is 4.14. The molecule has 0 spiro atoms. The lowest BCUT2D eigenvalue weighted by Crippen LogP contribution is -2.39. The van der Waals surface area contributed by atoms with E-state index < -0.39 is 0 Å². The lowest BCUT2D eigenvalue weighted by atomic mass is 9.96. The van der Waals surface area contributed by atoms with Crippen molar-refractivity contribution < 1.29 is 18.8 Å². The number of rotatable bonds is 7. The minimum atomic E-state index is -0.00601. The van der Waals surface area contributed by atoms with Gasteiger partial charge in [-0.3, -0.25) is 4.79 Å². The second kappa shape index (κ2) is 9.54. The summed E-state index contributed by atoms with van der Waals surface area (Å²) < 4.78 is 16.3. The molecule has 156 valence electrons. The Bertz CT molecular complexity index is 973. The maximum Gasteiger partial charge on any atom is 0.254 e. The molecule has 30 heavy (non-hydrogen) atoms. The van der Waals surface area contributed by atoms with Crippen molar-refractivity contribution in [3.05, 3.63) is 77.4 Å². The van der Waals surface area contributed by atoms with Crippen LogP contribution in [0.3, 0.4) is 0 Å². The van der Waals surface area contributed by atoms with Crippen molar-refractivity contribution in [2.24, 2.45) is 0 Å². The smallest absolute Gasteiger partial charge is 0.254 e. The van der Waals surface area contributed by atoms with Crippen molar-refractivity contribution in [3.63, 3.8) is 0 Å². The van der Waals surface area contributed by atoms with Crippen molar-refractivity contribution in [1.82, 2.24) is 15.0 Å². The van der Waals surface area contributed by atoms with E-state index in [9.17, 15) is 4.79 Å². The summed E-state index contributed by atoms with van der Waals surface area (Å²) in [4.78, 5) is 19.3. The van der Waals surface area contributed by atoms with Gasteiger partial charge in [0.05, 0.1) is 13.7 Å². The summed E-state index contributed by atoms with van der Waals surface area (Å²) in [6.07, 6.45) is 1.82. The third-order valence-electron chi connectivity index (χ3n) is 5.21. The lowest BCUT2D eigenvalue weighted by molar-refractivity contribution is 0.0703. The lowest BCUT2D eigenvalue weighted by Gasteiger charge is -2.31. The topological polar surface area (TPSA) is 77.7 Å². The van der Waals surface area contributed by atoms with Crippen LogP contribution < -0.4 is 4.74 Å². The molecule has 1 unspecified atom stereocenters. The van der Waals surface area contributed by atoms with E-state index in [1.54, 1.807) is 13.2 Å². The van der Waals surface area contributed by atoms with E-state index in [1.165, 1.54) is 0 Å². The number of piperidine rings is 1. The van der Waals surface area contributed by atoms with E-state index in [0.717, 1.165) is 24.9 Å². The zero-order valence-electron chi connectivity index (χ0n) is 17.0. The normalized spacial score (nSPS) is 16.4. The molecule has 1 atom stereocenters. The number of aromatic nitrogens is 2. The third-order valence-corrected chi connectivity index (χ3v) is 5.21. The van der Waals surface area contributed by atoms with Gasteiger partial charge in [0.2, 0.25) is 0 Å². The zero-order chi connectivity index (χ0) is 20.8. The van der Waals surface area contributed by atoms with Gasteiger partial charge < -0.3 is 18.9 Å². The van der Waals surface area contributed by atoms with E-state index in [4.69, 9.17) is 14.0 Å². The number of hydrogen-bond donors (Lipinski definition) is 0. The Balaban J connectivity index is 1.34. The number of likely N-dealkylation sites (tertiary alicyclic amines) is 1. The van der Waals surface area contributed by atoms with Crippen LogP contribution in [0.25, 0.3) is 0 Å². The number of benzene rings is 2. The standard InChI is InChI=1S/C23H25N3O4/c1-28-20-11-5-9-18(13-20)23(27)26-12-6-10-19(14-26)22-24-21(30-25-22)16-29-15-17-7-3-2-4-8-17/h2-5,7-9,11,13,19H,6,10,12,14-16H2,1H3. The fraction of sp³-hybridized carbons (Fsp3) is 0.348. The number of carbonyl (C=O) groups excluding carboxylic acids is 1. The Labute approximate surface area is 175 Å². The number of amides is 1. The molecule has 2 heterocycles. The molecule has 0 bridgehead atoms. The minimum Gasteiger partial charge on any atom is -0.497 e. The Kier molecular flexibility index (Phi) is 6.39. The molecule has 1 aliphatic heterocycles. The van der Waals surface area contributed by atoms with E-state index >= 15 is 0 Å². The van der Waals surface area contributed by atoms with Crippen LogP contribution in [0.15, 0.2) is 59.1 Å². The molecule has 1 fully saturated rings. The Morgan fingerprint density at radius 3 is 2.87 bits per heavy atom. The van der Waals surface area contributed by atoms with Gasteiger partial charge in [-0.25, -0.2) is 0 Å². The van der Waals surface area contributed by atoms with Gasteiger partial charge in [-0.1, -0.05) is 41.6 Å². The molecular weight excluding hydrogens is 382 g/mol. The molecule has 2 aromatic carbocycles. The monoisotopic (exact) mass is 407 g/mol. The molecule has 1 saturated heterocycles. The molecule has 7 heteroatoms. The number of ether oxygens (including phenoxy) is 2. The molecule has 0 N–H and O–H groups in total. The number of methoxy groups -OCH3 is 1. The van der Waals surface area contributed by atoms with E-state index in [1.807, 2.05) is 53.4 Å². The van der Waals surface area contributed by atoms with Crippen LogP contribution in [-0.4, -0.2) is 41.1 Å². The van der Waals surface area contributed by atoms with Gasteiger partial charge in [-0.15, -0.1) is 0 Å². The van der Waals surface area contributed by atoms with Crippen molar-refractivity contribution in [2.75, 3.05) is 20.2 Å². The molecule has 0 saturated carbocycles. The van der Waals surface area contributed by atoms with Gasteiger partial charge in [0.25, 0.3) is 11.8 Å². The number of carbonyl (C=O) groups is 1. The first-order chi connectivity index (χ1) is 14.7.